The molecular formula is C63H42N4O. The van der Waals surface area contributed by atoms with Crippen LogP contribution in [0.3, 0.4) is 0 Å². The largest absolute Gasteiger partial charge is 0.456 e. The van der Waals surface area contributed by atoms with Gasteiger partial charge in [-0.25, -0.2) is 9.98 Å². The van der Waals surface area contributed by atoms with Gasteiger partial charge in [0.2, 0.25) is 0 Å². The van der Waals surface area contributed by atoms with E-state index in [1.165, 1.54) is 22.1 Å². The van der Waals surface area contributed by atoms with E-state index in [2.05, 4.69) is 240 Å². The molecule has 3 heterocycles. The van der Waals surface area contributed by atoms with Crippen LogP contribution in [0.5, 0.6) is 0 Å². The molecule has 0 saturated carbocycles. The Morgan fingerprint density at radius 1 is 0.397 bits per heavy atom. The fourth-order valence-corrected chi connectivity index (χ4v) is 9.97. The number of amidine groups is 2. The molecule has 0 spiro atoms. The molecule has 10 aromatic carbocycles. The lowest BCUT2D eigenvalue weighted by Gasteiger charge is -2.24. The summed E-state index contributed by atoms with van der Waals surface area (Å²) in [7, 11) is 0. The van der Waals surface area contributed by atoms with Crippen LogP contribution in [0.15, 0.2) is 257 Å². The van der Waals surface area contributed by atoms with Crippen LogP contribution in [-0.2, 0) is 0 Å². The summed E-state index contributed by atoms with van der Waals surface area (Å²) in [6.07, 6.45) is -0.410. The predicted molar refractivity (Wildman–Crippen MR) is 282 cm³/mol. The maximum absolute atomic E-state index is 6.83. The van der Waals surface area contributed by atoms with Gasteiger partial charge in [0.05, 0.1) is 16.4 Å². The highest BCUT2D eigenvalue weighted by molar-refractivity contribution is 6.29. The van der Waals surface area contributed by atoms with E-state index >= 15 is 0 Å². The quantitative estimate of drug-likeness (QED) is 0.165. The van der Waals surface area contributed by atoms with Crippen molar-refractivity contribution < 1.29 is 4.42 Å². The number of hydrogen-bond donors (Lipinski definition) is 1. The number of benzene rings is 10. The van der Waals surface area contributed by atoms with Gasteiger partial charge in [0, 0.05) is 33.0 Å². The third-order valence-corrected chi connectivity index (χ3v) is 13.3. The zero-order chi connectivity index (χ0) is 45.0. The number of furan rings is 1. The van der Waals surface area contributed by atoms with E-state index in [4.69, 9.17) is 14.4 Å². The van der Waals surface area contributed by atoms with Crippen molar-refractivity contribution in [1.29, 1.82) is 0 Å². The van der Waals surface area contributed by atoms with Crippen molar-refractivity contribution in [2.45, 2.75) is 6.17 Å². The molecule has 12 aromatic rings. The van der Waals surface area contributed by atoms with E-state index in [0.29, 0.717) is 5.84 Å². The molecule has 320 valence electrons. The van der Waals surface area contributed by atoms with Crippen LogP contribution in [0.25, 0.3) is 93.9 Å². The molecule has 0 fully saturated rings. The minimum absolute atomic E-state index is 0.410. The van der Waals surface area contributed by atoms with Gasteiger partial charge >= 0.3 is 0 Å². The fraction of sp³-hybridized carbons (Fsp3) is 0.0159. The highest BCUT2D eigenvalue weighted by Crippen LogP contribution is 2.43. The molecule has 5 nitrogen and oxygen atoms in total. The van der Waals surface area contributed by atoms with Crippen LogP contribution in [0.4, 0.5) is 0 Å². The van der Waals surface area contributed by atoms with Gasteiger partial charge in [-0.2, -0.15) is 0 Å². The van der Waals surface area contributed by atoms with Crippen molar-refractivity contribution in [2.24, 2.45) is 9.98 Å². The summed E-state index contributed by atoms with van der Waals surface area (Å²) in [4.78, 5) is 10.9. The summed E-state index contributed by atoms with van der Waals surface area (Å²) in [5.41, 5.74) is 17.1. The van der Waals surface area contributed by atoms with E-state index in [-0.39, 0.29) is 0 Å². The zero-order valence-corrected chi connectivity index (χ0v) is 36.9. The first kappa shape index (κ1) is 39.3. The topological polar surface area (TPSA) is 54.8 Å². The van der Waals surface area contributed by atoms with Gasteiger partial charge in [0.1, 0.15) is 23.2 Å². The van der Waals surface area contributed by atoms with Gasteiger partial charge in [-0.1, -0.05) is 200 Å². The van der Waals surface area contributed by atoms with Crippen LogP contribution in [0.2, 0.25) is 0 Å². The van der Waals surface area contributed by atoms with E-state index in [1.54, 1.807) is 0 Å². The molecule has 0 amide bonds. The fourth-order valence-electron chi connectivity index (χ4n) is 9.97. The molecule has 0 aliphatic carbocycles. The Bertz CT molecular complexity index is 3900. The van der Waals surface area contributed by atoms with Crippen LogP contribution < -0.4 is 5.32 Å². The van der Waals surface area contributed by atoms with Crippen molar-refractivity contribution in [1.82, 2.24) is 9.88 Å². The Morgan fingerprint density at radius 3 is 1.63 bits per heavy atom. The number of hydrogen-bond acceptors (Lipinski definition) is 4. The van der Waals surface area contributed by atoms with Crippen molar-refractivity contribution in [3.63, 3.8) is 0 Å². The standard InChI is InChI=1S/C63H42N4O/c1-4-15-41(16-5-1)44-29-31-46(32-30-44)49-22-13-24-51(40-49)67-55-27-11-10-25-52(55)53-37-38-57-59(60(53)67)58-54(26-14-28-56(58)68-57)63-65-61(47-35-33-45(34-36-47)42-17-6-2-7-18-42)64-62(66-63)50-23-12-21-48(39-50)43-19-8-3-9-20-43/h1-40,61H,(H,64,65,66). The average molecular weight is 871 g/mol. The number of nitrogens with one attached hydrogen (secondary N) is 1. The summed E-state index contributed by atoms with van der Waals surface area (Å²) in [6, 6.07) is 85.8. The van der Waals surface area contributed by atoms with Gasteiger partial charge in [-0.3, -0.25) is 0 Å². The number of aromatic nitrogens is 1. The molecule has 13 rings (SSSR count). The number of nitrogens with zero attached hydrogens (tertiary/aromatic N) is 3. The highest BCUT2D eigenvalue weighted by Gasteiger charge is 2.26. The van der Waals surface area contributed by atoms with E-state index in [0.717, 1.165) is 94.4 Å². The molecule has 2 aromatic heterocycles. The summed E-state index contributed by atoms with van der Waals surface area (Å²) in [5.74, 6) is 1.39. The van der Waals surface area contributed by atoms with Crippen molar-refractivity contribution >= 4 is 55.4 Å². The average Bonchev–Trinajstić information content (AvgIpc) is 3.98. The van der Waals surface area contributed by atoms with Gasteiger partial charge in [0.25, 0.3) is 0 Å². The second-order valence-corrected chi connectivity index (χ2v) is 17.4. The second kappa shape index (κ2) is 16.4. The molecule has 1 aliphatic rings. The molecule has 1 aliphatic heterocycles. The lowest BCUT2D eigenvalue weighted by atomic mass is 10.00. The Hall–Kier alpha value is -9.06. The maximum Gasteiger partial charge on any atom is 0.160 e. The van der Waals surface area contributed by atoms with Crippen molar-refractivity contribution in [3.05, 3.63) is 259 Å². The Labute approximate surface area is 393 Å². The molecule has 5 heteroatoms. The zero-order valence-electron chi connectivity index (χ0n) is 36.9. The highest BCUT2D eigenvalue weighted by atomic mass is 16.3. The first-order valence-electron chi connectivity index (χ1n) is 23.1. The normalized spacial score (nSPS) is 13.7. The molecule has 0 radical (unpaired) electrons. The predicted octanol–water partition coefficient (Wildman–Crippen LogP) is 15.8. The van der Waals surface area contributed by atoms with Crippen LogP contribution in [0, 0.1) is 0 Å². The Kier molecular flexibility index (Phi) is 9.50. The third kappa shape index (κ3) is 6.88. The van der Waals surface area contributed by atoms with Crippen molar-refractivity contribution in [2.75, 3.05) is 0 Å². The van der Waals surface area contributed by atoms with E-state index < -0.39 is 6.17 Å². The van der Waals surface area contributed by atoms with E-state index in [9.17, 15) is 0 Å². The monoisotopic (exact) mass is 870 g/mol. The van der Waals surface area contributed by atoms with Crippen LogP contribution >= 0.6 is 0 Å². The molecule has 1 N–H and O–H groups in total. The van der Waals surface area contributed by atoms with Crippen LogP contribution in [-0.4, -0.2) is 16.2 Å². The summed E-state index contributed by atoms with van der Waals surface area (Å²) >= 11 is 0. The molecule has 0 saturated heterocycles. The summed E-state index contributed by atoms with van der Waals surface area (Å²) < 4.78 is 9.24. The molecule has 1 atom stereocenters. The van der Waals surface area contributed by atoms with Gasteiger partial charge < -0.3 is 14.3 Å². The Balaban J connectivity index is 0.998. The Morgan fingerprint density at radius 2 is 0.926 bits per heavy atom. The lowest BCUT2D eigenvalue weighted by Crippen LogP contribution is -2.33. The number of fused-ring (bicyclic) bond motifs is 7. The van der Waals surface area contributed by atoms with Gasteiger partial charge in [-0.15, -0.1) is 0 Å². The minimum Gasteiger partial charge on any atom is -0.456 e. The maximum atomic E-state index is 6.83. The molecule has 0 bridgehead atoms. The number of rotatable bonds is 8. The minimum atomic E-state index is -0.410. The van der Waals surface area contributed by atoms with Crippen molar-refractivity contribution in [3.8, 4) is 50.2 Å². The summed E-state index contributed by atoms with van der Waals surface area (Å²) in [5, 5.41) is 8.06. The summed E-state index contributed by atoms with van der Waals surface area (Å²) in [6.45, 7) is 0. The van der Waals surface area contributed by atoms with Crippen LogP contribution in [0.1, 0.15) is 22.9 Å². The first-order valence-corrected chi connectivity index (χ1v) is 23.1. The SMILES string of the molecule is c1ccc(-c2ccc(-c3cccc(-n4c5ccccc5c5ccc6oc7cccc(C8=NC(c9ccc(-c%10ccccc%10)cc9)NC(c9cccc(-c%10ccccc%10)c9)=N8)c7c6c54)c3)cc2)cc1. The van der Waals surface area contributed by atoms with E-state index in [1.807, 2.05) is 12.1 Å². The van der Waals surface area contributed by atoms with Gasteiger partial charge in [0.15, 0.2) is 5.84 Å². The second-order valence-electron chi connectivity index (χ2n) is 17.4. The first-order chi connectivity index (χ1) is 33.7. The lowest BCUT2D eigenvalue weighted by molar-refractivity contribution is 0.668. The number of para-hydroxylation sites is 1. The van der Waals surface area contributed by atoms with Gasteiger partial charge in [-0.05, 0) is 92.5 Å². The third-order valence-electron chi connectivity index (χ3n) is 13.3. The molecular weight excluding hydrogens is 829 g/mol. The molecule has 1 unspecified atom stereocenters. The number of aliphatic imine (C=N–C) groups is 2. The molecule has 68 heavy (non-hydrogen) atoms. The smallest absolute Gasteiger partial charge is 0.160 e.